The highest BCUT2D eigenvalue weighted by Crippen LogP contribution is 2.41. The monoisotopic (exact) mass is 395 g/mol. The molecule has 142 valence electrons. The predicted molar refractivity (Wildman–Crippen MR) is 95.8 cm³/mol. The molecule has 0 aliphatic rings. The third-order valence-corrected chi connectivity index (χ3v) is 5.24. The summed E-state index contributed by atoms with van der Waals surface area (Å²) in [6.07, 6.45) is 1.24. The molecule has 1 N–H and O–H groups in total. The third-order valence-electron chi connectivity index (χ3n) is 4.12. The van der Waals surface area contributed by atoms with Crippen LogP contribution in [0.15, 0.2) is 37.1 Å². The van der Waals surface area contributed by atoms with Gasteiger partial charge in [-0.3, -0.25) is 14.9 Å². The molecule has 0 atom stereocenters. The van der Waals surface area contributed by atoms with Crippen LogP contribution >= 0.6 is 11.3 Å². The number of amides is 1. The van der Waals surface area contributed by atoms with E-state index in [9.17, 15) is 18.0 Å². The number of thiazole rings is 1. The first kappa shape index (κ1) is 19.0. The number of carbonyl (C=O) groups excluding carboxylic acids is 1. The second kappa shape index (κ2) is 6.76. The van der Waals surface area contributed by atoms with Gasteiger partial charge >= 0.3 is 12.2 Å². The largest absolute Gasteiger partial charge is 0.399 e. The van der Waals surface area contributed by atoms with Gasteiger partial charge in [0.2, 0.25) is 0 Å². The smallest absolute Gasteiger partial charge is 0.283 e. The minimum absolute atomic E-state index is 0.0794. The number of pyridine rings is 1. The number of nitrogens with one attached hydrogen (secondary N) is 1. The molecular formula is C17H16F3N5OS. The molecule has 0 saturated carbocycles. The van der Waals surface area contributed by atoms with E-state index in [2.05, 4.69) is 20.3 Å². The van der Waals surface area contributed by atoms with Crippen LogP contribution in [0.5, 0.6) is 0 Å². The zero-order valence-electron chi connectivity index (χ0n) is 14.7. The van der Waals surface area contributed by atoms with Crippen molar-refractivity contribution in [3.8, 4) is 10.4 Å². The molecule has 0 fully saturated rings. The van der Waals surface area contributed by atoms with Crippen molar-refractivity contribution in [1.82, 2.24) is 19.5 Å². The van der Waals surface area contributed by atoms with Gasteiger partial charge in [-0.15, -0.1) is 0 Å². The molecule has 1 amide bonds. The molecule has 0 aromatic carbocycles. The Kier molecular flexibility index (Phi) is 4.77. The van der Waals surface area contributed by atoms with E-state index in [0.717, 1.165) is 13.8 Å². The highest BCUT2D eigenvalue weighted by Gasteiger charge is 2.49. The fourth-order valence-corrected chi connectivity index (χ4v) is 3.26. The van der Waals surface area contributed by atoms with Gasteiger partial charge in [0.1, 0.15) is 11.7 Å². The van der Waals surface area contributed by atoms with Gasteiger partial charge in [0.15, 0.2) is 5.13 Å². The van der Waals surface area contributed by atoms with Crippen LogP contribution in [-0.4, -0.2) is 31.7 Å². The fraction of sp³-hybridized carbons (Fsp3) is 0.294. The molecule has 0 bridgehead atoms. The van der Waals surface area contributed by atoms with Crippen LogP contribution < -0.4 is 5.32 Å². The van der Waals surface area contributed by atoms with Crippen molar-refractivity contribution in [2.45, 2.75) is 32.4 Å². The number of aryl methyl sites for hydroxylation is 1. The van der Waals surface area contributed by atoms with Crippen molar-refractivity contribution < 1.29 is 18.0 Å². The number of hydrogen-bond acceptors (Lipinski definition) is 5. The molecule has 0 saturated heterocycles. The molecule has 27 heavy (non-hydrogen) atoms. The molecule has 0 aliphatic carbocycles. The highest BCUT2D eigenvalue weighted by atomic mass is 32.1. The van der Waals surface area contributed by atoms with Crippen molar-refractivity contribution in [2.75, 3.05) is 5.32 Å². The highest BCUT2D eigenvalue weighted by molar-refractivity contribution is 7.19. The maximum Gasteiger partial charge on any atom is 0.399 e. The number of carbonyl (C=O) groups is 1. The quantitative estimate of drug-likeness (QED) is 0.702. The number of rotatable bonds is 3. The molecule has 3 rings (SSSR count). The van der Waals surface area contributed by atoms with E-state index in [1.165, 1.54) is 46.9 Å². The van der Waals surface area contributed by atoms with E-state index >= 15 is 0 Å². The summed E-state index contributed by atoms with van der Waals surface area (Å²) < 4.78 is 41.2. The number of anilines is 1. The molecule has 3 heterocycles. The van der Waals surface area contributed by atoms with Gasteiger partial charge in [-0.25, -0.2) is 14.8 Å². The van der Waals surface area contributed by atoms with Crippen LogP contribution in [0.3, 0.4) is 0 Å². The van der Waals surface area contributed by atoms with Crippen LogP contribution in [0.2, 0.25) is 0 Å². The van der Waals surface area contributed by atoms with Crippen molar-refractivity contribution in [3.63, 3.8) is 0 Å². The Hall–Kier alpha value is -2.75. The van der Waals surface area contributed by atoms with Crippen LogP contribution in [0, 0.1) is 6.92 Å². The molecule has 0 unspecified atom stereocenters. The second-order valence-electron chi connectivity index (χ2n) is 6.39. The van der Waals surface area contributed by atoms with Crippen LogP contribution in [0.1, 0.15) is 25.2 Å². The van der Waals surface area contributed by atoms with Crippen LogP contribution in [0.4, 0.5) is 23.1 Å². The molecule has 3 aromatic heterocycles. The minimum Gasteiger partial charge on any atom is -0.283 e. The summed E-state index contributed by atoms with van der Waals surface area (Å²) in [5.74, 6) is 0. The van der Waals surface area contributed by atoms with Gasteiger partial charge in [0.25, 0.3) is 0 Å². The lowest BCUT2D eigenvalue weighted by atomic mass is 9.87. The number of hydrogen-bond donors (Lipinski definition) is 1. The molecular weight excluding hydrogens is 379 g/mol. The maximum atomic E-state index is 13.3. The van der Waals surface area contributed by atoms with Gasteiger partial charge < -0.3 is 0 Å². The van der Waals surface area contributed by atoms with Crippen molar-refractivity contribution in [3.05, 3.63) is 48.4 Å². The first-order chi connectivity index (χ1) is 12.6. The van der Waals surface area contributed by atoms with Crippen LogP contribution in [-0.2, 0) is 5.41 Å². The second-order valence-corrected chi connectivity index (χ2v) is 7.39. The molecule has 10 heteroatoms. The first-order valence-electron chi connectivity index (χ1n) is 7.90. The van der Waals surface area contributed by atoms with Crippen molar-refractivity contribution in [1.29, 1.82) is 0 Å². The first-order valence-corrected chi connectivity index (χ1v) is 8.71. The Morgan fingerprint density at radius 2 is 2.00 bits per heavy atom. The van der Waals surface area contributed by atoms with E-state index in [0.29, 0.717) is 21.3 Å². The third kappa shape index (κ3) is 3.70. The van der Waals surface area contributed by atoms with Crippen molar-refractivity contribution >= 4 is 22.5 Å². The van der Waals surface area contributed by atoms with Gasteiger partial charge in [-0.05, 0) is 38.5 Å². The minimum atomic E-state index is -4.43. The van der Waals surface area contributed by atoms with Crippen LogP contribution in [0.25, 0.3) is 10.4 Å². The number of nitrogens with zero attached hydrogens (tertiary/aromatic N) is 4. The van der Waals surface area contributed by atoms with E-state index in [4.69, 9.17) is 0 Å². The SMILES string of the molecule is Cc1nc(NC(=O)n2ccnc2)sc1-c1ccnc(C(C)(C)C(F)(F)F)c1. The summed E-state index contributed by atoms with van der Waals surface area (Å²) in [4.78, 5) is 24.7. The number of aromatic nitrogens is 4. The molecule has 0 aliphatic heterocycles. The Morgan fingerprint density at radius 1 is 1.26 bits per heavy atom. The standard InChI is InChI=1S/C17H16F3N5OS/c1-10-13(27-14(23-10)24-15(26)25-7-6-21-9-25)11-4-5-22-12(8-11)16(2,3)17(18,19)20/h4-9H,1-3H3,(H,23,24,26). The Bertz CT molecular complexity index is 963. The predicted octanol–water partition coefficient (Wildman–Crippen LogP) is 4.63. The van der Waals surface area contributed by atoms with E-state index in [1.807, 2.05) is 0 Å². The number of halogens is 3. The summed E-state index contributed by atoms with van der Waals surface area (Å²) in [6.45, 7) is 3.92. The fourth-order valence-electron chi connectivity index (χ4n) is 2.31. The Morgan fingerprint density at radius 3 is 2.63 bits per heavy atom. The summed E-state index contributed by atoms with van der Waals surface area (Å²) in [5.41, 5.74) is -0.997. The van der Waals surface area contributed by atoms with Gasteiger partial charge in [0, 0.05) is 18.6 Å². The normalized spacial score (nSPS) is 12.2. The van der Waals surface area contributed by atoms with Crippen molar-refractivity contribution in [2.24, 2.45) is 0 Å². The van der Waals surface area contributed by atoms with E-state index < -0.39 is 17.6 Å². The number of alkyl halides is 3. The molecule has 3 aromatic rings. The lowest BCUT2D eigenvalue weighted by molar-refractivity contribution is -0.181. The summed E-state index contributed by atoms with van der Waals surface area (Å²) in [6, 6.07) is 2.61. The van der Waals surface area contributed by atoms with E-state index in [1.54, 1.807) is 13.0 Å². The lowest BCUT2D eigenvalue weighted by Crippen LogP contribution is -2.37. The van der Waals surface area contributed by atoms with E-state index in [-0.39, 0.29) is 5.69 Å². The summed E-state index contributed by atoms with van der Waals surface area (Å²) >= 11 is 1.18. The van der Waals surface area contributed by atoms with Gasteiger partial charge in [-0.1, -0.05) is 11.3 Å². The average Bonchev–Trinajstić information content (AvgIpc) is 3.24. The molecule has 0 spiro atoms. The average molecular weight is 395 g/mol. The summed E-state index contributed by atoms with van der Waals surface area (Å²) in [7, 11) is 0. The Balaban J connectivity index is 1.91. The number of imidazole rings is 1. The van der Waals surface area contributed by atoms with Gasteiger partial charge in [-0.2, -0.15) is 13.2 Å². The zero-order valence-corrected chi connectivity index (χ0v) is 15.5. The zero-order chi connectivity index (χ0) is 19.8. The summed E-state index contributed by atoms with van der Waals surface area (Å²) in [5, 5.41) is 2.98. The molecule has 0 radical (unpaired) electrons. The maximum absolute atomic E-state index is 13.3. The Labute approximate surface area is 157 Å². The van der Waals surface area contributed by atoms with Gasteiger partial charge in [0.05, 0.1) is 16.3 Å². The molecule has 6 nitrogen and oxygen atoms in total. The lowest BCUT2D eigenvalue weighted by Gasteiger charge is -2.27. The topological polar surface area (TPSA) is 72.7 Å².